The third-order valence-corrected chi connectivity index (χ3v) is 3.17. The molecule has 0 spiro atoms. The molecule has 1 aliphatic rings. The van der Waals surface area contributed by atoms with Gasteiger partial charge in [0.1, 0.15) is 5.75 Å². The van der Waals surface area contributed by atoms with Crippen LogP contribution in [0, 0.1) is 5.92 Å². The van der Waals surface area contributed by atoms with Crippen LogP contribution in [0.5, 0.6) is 5.75 Å². The Kier molecular flexibility index (Phi) is 3.89. The first-order chi connectivity index (χ1) is 9.11. The summed E-state index contributed by atoms with van der Waals surface area (Å²) in [6.45, 7) is 0.703. The highest BCUT2D eigenvalue weighted by molar-refractivity contribution is 5.91. The molecule has 0 saturated carbocycles. The lowest BCUT2D eigenvalue weighted by atomic mass is 10.1. The zero-order chi connectivity index (χ0) is 13.8. The number of ether oxygens (including phenoxy) is 1. The third kappa shape index (κ3) is 2.96. The van der Waals surface area contributed by atoms with E-state index in [4.69, 9.17) is 9.84 Å². The van der Waals surface area contributed by atoms with Gasteiger partial charge in [-0.1, -0.05) is 12.1 Å². The Morgan fingerprint density at radius 3 is 2.79 bits per heavy atom. The van der Waals surface area contributed by atoms with Crippen molar-refractivity contribution in [2.45, 2.75) is 6.42 Å². The lowest BCUT2D eigenvalue weighted by Gasteiger charge is -2.17. The maximum absolute atomic E-state index is 12.0. The summed E-state index contributed by atoms with van der Waals surface area (Å²) in [5, 5.41) is 11.6. The smallest absolute Gasteiger partial charge is 0.321 e. The fourth-order valence-corrected chi connectivity index (χ4v) is 2.09. The Balaban J connectivity index is 2.00. The lowest BCUT2D eigenvalue weighted by molar-refractivity contribution is -0.141. The molecule has 6 nitrogen and oxygen atoms in total. The molecule has 1 saturated heterocycles. The first kappa shape index (κ1) is 13.2. The molecular formula is C13H16N2O4. The van der Waals surface area contributed by atoms with Gasteiger partial charge in [-0.05, 0) is 18.6 Å². The zero-order valence-corrected chi connectivity index (χ0v) is 10.6. The molecule has 6 heteroatoms. The number of para-hydroxylation sites is 2. The van der Waals surface area contributed by atoms with E-state index in [-0.39, 0.29) is 12.6 Å². The van der Waals surface area contributed by atoms with Crippen LogP contribution in [0.25, 0.3) is 0 Å². The number of anilines is 1. The highest BCUT2D eigenvalue weighted by Crippen LogP contribution is 2.24. The van der Waals surface area contributed by atoms with Crippen LogP contribution in [-0.2, 0) is 4.79 Å². The molecule has 102 valence electrons. The summed E-state index contributed by atoms with van der Waals surface area (Å²) >= 11 is 0. The van der Waals surface area contributed by atoms with Gasteiger partial charge in [0.2, 0.25) is 0 Å². The number of urea groups is 1. The minimum atomic E-state index is -0.854. The van der Waals surface area contributed by atoms with E-state index in [0.717, 1.165) is 0 Å². The van der Waals surface area contributed by atoms with Crippen LogP contribution >= 0.6 is 0 Å². The molecule has 2 N–H and O–H groups in total. The SMILES string of the molecule is COc1ccccc1NC(=O)N1CCC(C(=O)O)C1. The normalized spacial score (nSPS) is 18.2. The number of nitrogens with one attached hydrogen (secondary N) is 1. The molecule has 1 heterocycles. The van der Waals surface area contributed by atoms with Crippen molar-refractivity contribution < 1.29 is 19.4 Å². The van der Waals surface area contributed by atoms with Gasteiger partial charge in [-0.25, -0.2) is 4.79 Å². The van der Waals surface area contributed by atoms with Crippen LogP contribution in [0.3, 0.4) is 0 Å². The van der Waals surface area contributed by atoms with Gasteiger partial charge in [0.15, 0.2) is 0 Å². The monoisotopic (exact) mass is 264 g/mol. The van der Waals surface area contributed by atoms with Crippen molar-refractivity contribution in [3.8, 4) is 5.75 Å². The molecule has 0 radical (unpaired) electrons. The number of likely N-dealkylation sites (tertiary alicyclic amines) is 1. The number of hydrogen-bond donors (Lipinski definition) is 2. The minimum Gasteiger partial charge on any atom is -0.495 e. The molecule has 1 atom stereocenters. The Morgan fingerprint density at radius 1 is 1.42 bits per heavy atom. The van der Waals surface area contributed by atoms with Crippen molar-refractivity contribution in [3.63, 3.8) is 0 Å². The van der Waals surface area contributed by atoms with Crippen LogP contribution in [0.2, 0.25) is 0 Å². The summed E-state index contributed by atoms with van der Waals surface area (Å²) in [7, 11) is 1.53. The number of rotatable bonds is 3. The van der Waals surface area contributed by atoms with Gasteiger partial charge in [0.25, 0.3) is 0 Å². The highest BCUT2D eigenvalue weighted by atomic mass is 16.5. The number of methoxy groups -OCH3 is 1. The average molecular weight is 264 g/mol. The van der Waals surface area contributed by atoms with Crippen molar-refractivity contribution in [3.05, 3.63) is 24.3 Å². The number of carboxylic acids is 1. The molecule has 2 amide bonds. The zero-order valence-electron chi connectivity index (χ0n) is 10.6. The van der Waals surface area contributed by atoms with E-state index in [1.54, 1.807) is 18.2 Å². The molecule has 1 aromatic rings. The predicted octanol–water partition coefficient (Wildman–Crippen LogP) is 1.63. The Bertz CT molecular complexity index is 489. The molecule has 0 aliphatic carbocycles. The maximum Gasteiger partial charge on any atom is 0.321 e. The van der Waals surface area contributed by atoms with Crippen molar-refractivity contribution in [1.82, 2.24) is 4.90 Å². The van der Waals surface area contributed by atoms with Gasteiger partial charge in [0.05, 0.1) is 18.7 Å². The van der Waals surface area contributed by atoms with Crippen LogP contribution in [-0.4, -0.2) is 42.2 Å². The Morgan fingerprint density at radius 2 is 2.16 bits per heavy atom. The third-order valence-electron chi connectivity index (χ3n) is 3.17. The van der Waals surface area contributed by atoms with E-state index >= 15 is 0 Å². The summed E-state index contributed by atoms with van der Waals surface area (Å²) in [6, 6.07) is 6.79. The van der Waals surface area contributed by atoms with Gasteiger partial charge in [0, 0.05) is 13.1 Å². The molecule has 1 fully saturated rings. The van der Waals surface area contributed by atoms with E-state index in [0.29, 0.717) is 24.4 Å². The van der Waals surface area contributed by atoms with E-state index in [1.165, 1.54) is 12.0 Å². The van der Waals surface area contributed by atoms with Gasteiger partial charge in [-0.3, -0.25) is 4.79 Å². The number of benzene rings is 1. The fourth-order valence-electron chi connectivity index (χ4n) is 2.09. The summed E-state index contributed by atoms with van der Waals surface area (Å²) in [5.41, 5.74) is 0.578. The van der Waals surface area contributed by atoms with E-state index in [1.807, 2.05) is 6.07 Å². The van der Waals surface area contributed by atoms with E-state index in [9.17, 15) is 9.59 Å². The van der Waals surface area contributed by atoms with Gasteiger partial charge < -0.3 is 20.1 Å². The largest absolute Gasteiger partial charge is 0.495 e. The van der Waals surface area contributed by atoms with Gasteiger partial charge in [-0.2, -0.15) is 0 Å². The Labute approximate surface area is 111 Å². The molecule has 1 aromatic carbocycles. The summed E-state index contributed by atoms with van der Waals surface area (Å²) in [6.07, 6.45) is 0.495. The number of carbonyl (C=O) groups excluding carboxylic acids is 1. The van der Waals surface area contributed by atoms with Crippen molar-refractivity contribution in [2.24, 2.45) is 5.92 Å². The summed E-state index contributed by atoms with van der Waals surface area (Å²) < 4.78 is 5.14. The number of amides is 2. The van der Waals surface area contributed by atoms with Gasteiger partial charge >= 0.3 is 12.0 Å². The number of hydrogen-bond acceptors (Lipinski definition) is 3. The van der Waals surface area contributed by atoms with Crippen LogP contribution in [0.15, 0.2) is 24.3 Å². The number of aliphatic carboxylic acids is 1. The predicted molar refractivity (Wildman–Crippen MR) is 69.3 cm³/mol. The summed E-state index contributed by atoms with van der Waals surface area (Å²) in [4.78, 5) is 24.4. The number of carboxylic acid groups (broad SMARTS) is 1. The topological polar surface area (TPSA) is 78.9 Å². The van der Waals surface area contributed by atoms with Gasteiger partial charge in [-0.15, -0.1) is 0 Å². The standard InChI is InChI=1S/C13H16N2O4/c1-19-11-5-3-2-4-10(11)14-13(18)15-7-6-9(8-15)12(16)17/h2-5,9H,6-8H2,1H3,(H,14,18)(H,16,17). The molecule has 0 aromatic heterocycles. The minimum absolute atomic E-state index is 0.246. The first-order valence-corrected chi connectivity index (χ1v) is 6.03. The molecule has 1 aliphatic heterocycles. The molecular weight excluding hydrogens is 248 g/mol. The highest BCUT2D eigenvalue weighted by Gasteiger charge is 2.31. The molecule has 2 rings (SSSR count). The van der Waals surface area contributed by atoms with E-state index in [2.05, 4.69) is 5.32 Å². The molecule has 1 unspecified atom stereocenters. The van der Waals surface area contributed by atoms with Crippen molar-refractivity contribution in [2.75, 3.05) is 25.5 Å². The van der Waals surface area contributed by atoms with Crippen LogP contribution in [0.1, 0.15) is 6.42 Å². The lowest BCUT2D eigenvalue weighted by Crippen LogP contribution is -2.33. The average Bonchev–Trinajstić information content (AvgIpc) is 2.89. The second-order valence-corrected chi connectivity index (χ2v) is 4.40. The Hall–Kier alpha value is -2.24. The van der Waals surface area contributed by atoms with Crippen LogP contribution in [0.4, 0.5) is 10.5 Å². The van der Waals surface area contributed by atoms with Crippen LogP contribution < -0.4 is 10.1 Å². The maximum atomic E-state index is 12.0. The number of carbonyl (C=O) groups is 2. The van der Waals surface area contributed by atoms with Crippen molar-refractivity contribution in [1.29, 1.82) is 0 Å². The van der Waals surface area contributed by atoms with E-state index < -0.39 is 11.9 Å². The number of nitrogens with zero attached hydrogens (tertiary/aromatic N) is 1. The second-order valence-electron chi connectivity index (χ2n) is 4.40. The molecule has 19 heavy (non-hydrogen) atoms. The second kappa shape index (κ2) is 5.60. The molecule has 0 bridgehead atoms. The fraction of sp³-hybridized carbons (Fsp3) is 0.385. The van der Waals surface area contributed by atoms with Crippen molar-refractivity contribution >= 4 is 17.7 Å². The quantitative estimate of drug-likeness (QED) is 0.869. The first-order valence-electron chi connectivity index (χ1n) is 6.03. The summed E-state index contributed by atoms with van der Waals surface area (Å²) in [5.74, 6) is -0.749.